The number of alkyl carbamates (subject to hydrolysis) is 1. The van der Waals surface area contributed by atoms with E-state index in [1.54, 1.807) is 37.4 Å². The lowest BCUT2D eigenvalue weighted by Crippen LogP contribution is -2.59. The molecule has 2 N–H and O–H groups in total. The predicted octanol–water partition coefficient (Wildman–Crippen LogP) is 5.92. The van der Waals surface area contributed by atoms with E-state index in [-0.39, 0.29) is 17.9 Å². The first-order valence-electron chi connectivity index (χ1n) is 13.2. The van der Waals surface area contributed by atoms with Gasteiger partial charge in [0.15, 0.2) is 0 Å². The quantitative estimate of drug-likeness (QED) is 0.367. The summed E-state index contributed by atoms with van der Waals surface area (Å²) in [5.74, 6) is 0.138. The van der Waals surface area contributed by atoms with Crippen LogP contribution in [0, 0.1) is 13.8 Å². The molecule has 7 nitrogen and oxygen atoms in total. The number of thioether (sulfide) groups is 1. The molecular weight excluding hydrogens is 486 g/mol. The third-order valence-corrected chi connectivity index (χ3v) is 6.64. The molecule has 3 amide bonds. The van der Waals surface area contributed by atoms with Crippen molar-refractivity contribution in [3.8, 4) is 0 Å². The minimum Gasteiger partial charge on any atom is -0.444 e. The van der Waals surface area contributed by atoms with Crippen molar-refractivity contribution in [1.29, 1.82) is 0 Å². The molecule has 3 unspecified atom stereocenters. The molecule has 0 aromatic heterocycles. The summed E-state index contributed by atoms with van der Waals surface area (Å²) in [6.45, 7) is 19.1. The van der Waals surface area contributed by atoms with E-state index in [1.807, 2.05) is 66.0 Å². The predicted molar refractivity (Wildman–Crippen MR) is 154 cm³/mol. The Morgan fingerprint density at radius 1 is 1.00 bits per heavy atom. The molecule has 210 valence electrons. The largest absolute Gasteiger partial charge is 0.444 e. The highest BCUT2D eigenvalue weighted by atomic mass is 32.2. The molecule has 37 heavy (non-hydrogen) atoms. The van der Waals surface area contributed by atoms with Crippen molar-refractivity contribution in [2.45, 2.75) is 118 Å². The van der Waals surface area contributed by atoms with Gasteiger partial charge in [-0.1, -0.05) is 31.5 Å². The lowest BCUT2D eigenvalue weighted by molar-refractivity contribution is -0.148. The number of hydrogen-bond donors (Lipinski definition) is 2. The number of benzene rings is 1. The van der Waals surface area contributed by atoms with Gasteiger partial charge in [-0.3, -0.25) is 9.59 Å². The van der Waals surface area contributed by atoms with Crippen molar-refractivity contribution >= 4 is 29.7 Å². The minimum atomic E-state index is -0.856. The van der Waals surface area contributed by atoms with Crippen LogP contribution in [-0.4, -0.2) is 58.0 Å². The van der Waals surface area contributed by atoms with Crippen LogP contribution in [0.1, 0.15) is 97.4 Å². The maximum atomic E-state index is 14.3. The van der Waals surface area contributed by atoms with Gasteiger partial charge in [-0.25, -0.2) is 4.79 Å². The Morgan fingerprint density at radius 2 is 1.57 bits per heavy atom. The van der Waals surface area contributed by atoms with E-state index in [4.69, 9.17) is 4.74 Å². The van der Waals surface area contributed by atoms with Crippen molar-refractivity contribution in [2.24, 2.45) is 0 Å². The van der Waals surface area contributed by atoms with E-state index in [1.165, 1.54) is 0 Å². The van der Waals surface area contributed by atoms with Crippen LogP contribution < -0.4 is 10.6 Å². The molecule has 1 aromatic rings. The number of aryl methyl sites for hydroxylation is 2. The Morgan fingerprint density at radius 3 is 2.03 bits per heavy atom. The Labute approximate surface area is 228 Å². The Bertz CT molecular complexity index is 900. The molecule has 0 fully saturated rings. The number of ether oxygens (including phenoxy) is 1. The molecule has 1 rings (SSSR count). The number of amides is 3. The van der Waals surface area contributed by atoms with E-state index in [0.29, 0.717) is 12.2 Å². The Kier molecular flexibility index (Phi) is 12.5. The van der Waals surface area contributed by atoms with E-state index < -0.39 is 29.3 Å². The number of nitrogens with one attached hydrogen (secondary N) is 2. The average molecular weight is 536 g/mol. The molecule has 0 saturated heterocycles. The molecule has 3 atom stereocenters. The summed E-state index contributed by atoms with van der Waals surface area (Å²) in [7, 11) is 0. The van der Waals surface area contributed by atoms with Crippen molar-refractivity contribution in [1.82, 2.24) is 15.5 Å². The topological polar surface area (TPSA) is 87.7 Å². The zero-order valence-corrected chi connectivity index (χ0v) is 25.6. The number of rotatable bonds is 11. The first-order valence-corrected chi connectivity index (χ1v) is 14.6. The maximum absolute atomic E-state index is 14.3. The van der Waals surface area contributed by atoms with E-state index in [2.05, 4.69) is 17.6 Å². The average Bonchev–Trinajstić information content (AvgIpc) is 2.73. The van der Waals surface area contributed by atoms with Gasteiger partial charge in [-0.05, 0) is 104 Å². The van der Waals surface area contributed by atoms with Gasteiger partial charge in [0.2, 0.25) is 11.8 Å². The lowest BCUT2D eigenvalue weighted by atomic mass is 9.90. The van der Waals surface area contributed by atoms with Gasteiger partial charge in [-0.2, -0.15) is 11.8 Å². The van der Waals surface area contributed by atoms with Gasteiger partial charge >= 0.3 is 6.09 Å². The van der Waals surface area contributed by atoms with Crippen LogP contribution in [0.25, 0.3) is 0 Å². The Balaban J connectivity index is 3.65. The van der Waals surface area contributed by atoms with Crippen LogP contribution in [0.5, 0.6) is 0 Å². The molecule has 0 bridgehead atoms. The molecule has 0 aliphatic rings. The summed E-state index contributed by atoms with van der Waals surface area (Å²) < 4.78 is 5.47. The summed E-state index contributed by atoms with van der Waals surface area (Å²) in [4.78, 5) is 42.6. The van der Waals surface area contributed by atoms with Crippen molar-refractivity contribution in [2.75, 3.05) is 12.0 Å². The second-order valence-corrected chi connectivity index (χ2v) is 12.8. The van der Waals surface area contributed by atoms with Crippen molar-refractivity contribution < 1.29 is 19.1 Å². The lowest BCUT2D eigenvalue weighted by Gasteiger charge is -2.44. The molecule has 0 radical (unpaired) electrons. The molecule has 1 aromatic carbocycles. The molecule has 0 aliphatic heterocycles. The summed E-state index contributed by atoms with van der Waals surface area (Å²) in [5, 5.41) is 5.95. The fourth-order valence-electron chi connectivity index (χ4n) is 4.42. The van der Waals surface area contributed by atoms with Gasteiger partial charge in [0.25, 0.3) is 0 Å². The maximum Gasteiger partial charge on any atom is 0.408 e. The highest BCUT2D eigenvalue weighted by Crippen LogP contribution is 2.34. The first kappa shape index (κ1) is 32.8. The molecule has 8 heteroatoms. The van der Waals surface area contributed by atoms with Gasteiger partial charge < -0.3 is 20.3 Å². The third kappa shape index (κ3) is 10.2. The number of hydrogen-bond acceptors (Lipinski definition) is 5. The SMILES string of the molecule is CCCC(C)NC(=O)C(c1c(C)cccc1C)N(C(=O)C(CCSC)NC(=O)OC(C)(C)C)C(C)(C)C. The van der Waals surface area contributed by atoms with Gasteiger partial charge in [-0.15, -0.1) is 0 Å². The Hall–Kier alpha value is -2.22. The molecule has 0 aliphatic carbocycles. The first-order chi connectivity index (χ1) is 17.0. The second-order valence-electron chi connectivity index (χ2n) is 11.8. The van der Waals surface area contributed by atoms with Crippen LogP contribution in [-0.2, 0) is 14.3 Å². The van der Waals surface area contributed by atoms with Crippen LogP contribution in [0.3, 0.4) is 0 Å². The molecular formula is C29H49N3O4S. The fraction of sp³-hybridized carbons (Fsp3) is 0.690. The normalized spacial score (nSPS) is 14.4. The van der Waals surface area contributed by atoms with Gasteiger partial charge in [0, 0.05) is 11.6 Å². The number of nitrogens with zero attached hydrogens (tertiary/aromatic N) is 1. The summed E-state index contributed by atoms with van der Waals surface area (Å²) in [6, 6.07) is 4.16. The zero-order valence-electron chi connectivity index (χ0n) is 24.8. The summed E-state index contributed by atoms with van der Waals surface area (Å²) >= 11 is 1.59. The zero-order chi connectivity index (χ0) is 28.6. The molecule has 0 spiro atoms. The summed E-state index contributed by atoms with van der Waals surface area (Å²) in [5.41, 5.74) is 1.27. The highest BCUT2D eigenvalue weighted by molar-refractivity contribution is 7.98. The number of carbonyl (C=O) groups excluding carboxylic acids is 3. The van der Waals surface area contributed by atoms with E-state index in [0.717, 1.165) is 29.5 Å². The van der Waals surface area contributed by atoms with Crippen molar-refractivity contribution in [3.05, 3.63) is 34.9 Å². The number of carbonyl (C=O) groups is 3. The molecule has 0 heterocycles. The van der Waals surface area contributed by atoms with Crippen molar-refractivity contribution in [3.63, 3.8) is 0 Å². The van der Waals surface area contributed by atoms with E-state index in [9.17, 15) is 14.4 Å². The summed E-state index contributed by atoms with van der Waals surface area (Å²) in [6.07, 6.45) is 3.50. The van der Waals surface area contributed by atoms with Crippen LogP contribution in [0.4, 0.5) is 4.79 Å². The van der Waals surface area contributed by atoms with Crippen LogP contribution in [0.2, 0.25) is 0 Å². The standard InChI is InChI=1S/C29H49N3O4S/c1-12-14-21(4)30-25(33)24(23-19(2)15-13-16-20(23)3)32(28(5,6)7)26(34)22(17-18-37-11)31-27(35)36-29(8,9)10/h13,15-16,21-22,24H,12,14,17-18H2,1-11H3,(H,30,33)(H,31,35). The van der Waals surface area contributed by atoms with Gasteiger partial charge in [0.1, 0.15) is 17.7 Å². The monoisotopic (exact) mass is 535 g/mol. The van der Waals surface area contributed by atoms with E-state index >= 15 is 0 Å². The van der Waals surface area contributed by atoms with Crippen LogP contribution in [0.15, 0.2) is 18.2 Å². The highest BCUT2D eigenvalue weighted by Gasteiger charge is 2.43. The minimum absolute atomic E-state index is 0.0339. The fourth-order valence-corrected chi connectivity index (χ4v) is 4.89. The smallest absolute Gasteiger partial charge is 0.408 e. The second kappa shape index (κ2) is 14.1. The van der Waals surface area contributed by atoms with Gasteiger partial charge in [0.05, 0.1) is 0 Å². The third-order valence-electron chi connectivity index (χ3n) is 5.99. The van der Waals surface area contributed by atoms with Crippen LogP contribution >= 0.6 is 11.8 Å². The molecule has 0 saturated carbocycles.